The van der Waals surface area contributed by atoms with Crippen LogP contribution in [-0.4, -0.2) is 36.9 Å². The predicted octanol–water partition coefficient (Wildman–Crippen LogP) is 1.57. The SMILES string of the molecule is CCOc1ncc(NS(=O)(=O)CCC(F)(F)F)cn1. The Morgan fingerprint density at radius 1 is 1.32 bits per heavy atom. The Morgan fingerprint density at radius 3 is 2.37 bits per heavy atom. The van der Waals surface area contributed by atoms with Gasteiger partial charge in [-0.15, -0.1) is 0 Å². The van der Waals surface area contributed by atoms with Crippen molar-refractivity contribution < 1.29 is 26.3 Å². The minimum absolute atomic E-state index is 0.0226. The number of rotatable bonds is 6. The van der Waals surface area contributed by atoms with E-state index in [0.29, 0.717) is 6.61 Å². The molecule has 1 aromatic heterocycles. The van der Waals surface area contributed by atoms with Gasteiger partial charge in [0, 0.05) is 0 Å². The fraction of sp³-hybridized carbons (Fsp3) is 0.556. The van der Waals surface area contributed by atoms with Gasteiger partial charge in [-0.1, -0.05) is 0 Å². The lowest BCUT2D eigenvalue weighted by Gasteiger charge is -2.09. The first-order valence-electron chi connectivity index (χ1n) is 5.24. The largest absolute Gasteiger partial charge is 0.464 e. The van der Waals surface area contributed by atoms with Crippen molar-refractivity contribution in [1.82, 2.24) is 9.97 Å². The molecule has 0 aromatic carbocycles. The molecule has 0 fully saturated rings. The van der Waals surface area contributed by atoms with E-state index < -0.39 is 28.4 Å². The molecule has 19 heavy (non-hydrogen) atoms. The highest BCUT2D eigenvalue weighted by Crippen LogP contribution is 2.20. The molecule has 0 saturated carbocycles. The molecule has 1 rings (SSSR count). The summed E-state index contributed by atoms with van der Waals surface area (Å²) < 4.78 is 65.4. The predicted molar refractivity (Wildman–Crippen MR) is 61.3 cm³/mol. The van der Waals surface area contributed by atoms with Crippen molar-refractivity contribution in [3.8, 4) is 6.01 Å². The number of nitrogens with zero attached hydrogens (tertiary/aromatic N) is 2. The molecule has 1 heterocycles. The standard InChI is InChI=1S/C9H12F3N3O3S/c1-2-18-8-13-5-7(6-14-8)15-19(16,17)4-3-9(10,11)12/h5-6,15H,2-4H2,1H3. The number of hydrogen-bond donors (Lipinski definition) is 1. The smallest absolute Gasteiger partial charge is 0.390 e. The zero-order chi connectivity index (χ0) is 14.5. The van der Waals surface area contributed by atoms with E-state index in [-0.39, 0.29) is 11.7 Å². The number of alkyl halides is 3. The van der Waals surface area contributed by atoms with E-state index in [2.05, 4.69) is 9.97 Å². The molecule has 0 aliphatic rings. The van der Waals surface area contributed by atoms with Gasteiger partial charge in [0.2, 0.25) is 10.0 Å². The normalized spacial score (nSPS) is 12.2. The van der Waals surface area contributed by atoms with E-state index in [1.807, 2.05) is 4.72 Å². The Hall–Kier alpha value is -1.58. The molecular formula is C9H12F3N3O3S. The van der Waals surface area contributed by atoms with Crippen molar-refractivity contribution in [3.63, 3.8) is 0 Å². The van der Waals surface area contributed by atoms with E-state index in [0.717, 1.165) is 12.4 Å². The number of anilines is 1. The molecule has 0 bridgehead atoms. The highest BCUT2D eigenvalue weighted by atomic mass is 32.2. The summed E-state index contributed by atoms with van der Waals surface area (Å²) in [6.07, 6.45) is -3.71. The average molecular weight is 299 g/mol. The summed E-state index contributed by atoms with van der Waals surface area (Å²) in [6, 6.07) is 0.0562. The van der Waals surface area contributed by atoms with Gasteiger partial charge in [-0.05, 0) is 6.92 Å². The van der Waals surface area contributed by atoms with Gasteiger partial charge in [0.05, 0.1) is 36.9 Å². The fourth-order valence-corrected chi connectivity index (χ4v) is 2.12. The van der Waals surface area contributed by atoms with Crippen molar-refractivity contribution in [2.75, 3.05) is 17.1 Å². The molecule has 108 valence electrons. The summed E-state index contributed by atoms with van der Waals surface area (Å²) in [6.45, 7) is 2.06. The molecule has 0 radical (unpaired) electrons. The second kappa shape index (κ2) is 6.04. The molecule has 0 saturated heterocycles. The highest BCUT2D eigenvalue weighted by molar-refractivity contribution is 7.92. The Labute approximate surface area is 108 Å². The van der Waals surface area contributed by atoms with Crippen molar-refractivity contribution in [2.24, 2.45) is 0 Å². The van der Waals surface area contributed by atoms with Crippen LogP contribution in [0.3, 0.4) is 0 Å². The van der Waals surface area contributed by atoms with Crippen LogP contribution in [0.2, 0.25) is 0 Å². The minimum atomic E-state index is -4.52. The van der Waals surface area contributed by atoms with Gasteiger partial charge in [-0.25, -0.2) is 18.4 Å². The molecule has 6 nitrogen and oxygen atoms in total. The number of hydrogen-bond acceptors (Lipinski definition) is 5. The summed E-state index contributed by atoms with van der Waals surface area (Å²) in [4.78, 5) is 7.36. The van der Waals surface area contributed by atoms with Crippen LogP contribution in [0.5, 0.6) is 6.01 Å². The van der Waals surface area contributed by atoms with Crippen molar-refractivity contribution in [2.45, 2.75) is 19.5 Å². The lowest BCUT2D eigenvalue weighted by atomic mass is 10.5. The van der Waals surface area contributed by atoms with Crippen molar-refractivity contribution >= 4 is 15.7 Å². The van der Waals surface area contributed by atoms with E-state index in [1.165, 1.54) is 0 Å². The Bertz CT molecular complexity index is 502. The number of halogens is 3. The summed E-state index contributed by atoms with van der Waals surface area (Å²) in [7, 11) is -4.08. The van der Waals surface area contributed by atoms with E-state index >= 15 is 0 Å². The highest BCUT2D eigenvalue weighted by Gasteiger charge is 2.29. The van der Waals surface area contributed by atoms with E-state index in [9.17, 15) is 21.6 Å². The number of sulfonamides is 1. The van der Waals surface area contributed by atoms with Crippen LogP contribution < -0.4 is 9.46 Å². The van der Waals surface area contributed by atoms with Gasteiger partial charge < -0.3 is 4.74 Å². The second-order valence-electron chi connectivity index (χ2n) is 3.47. The summed E-state index contributed by atoms with van der Waals surface area (Å²) in [5.74, 6) is -1.05. The molecular weight excluding hydrogens is 287 g/mol. The lowest BCUT2D eigenvalue weighted by molar-refractivity contribution is -0.129. The van der Waals surface area contributed by atoms with Gasteiger partial charge in [0.15, 0.2) is 0 Å². The third-order valence-corrected chi connectivity index (χ3v) is 3.12. The second-order valence-corrected chi connectivity index (χ2v) is 5.32. The maximum Gasteiger partial charge on any atom is 0.390 e. The Kier molecular flexibility index (Phi) is 4.92. The third-order valence-electron chi connectivity index (χ3n) is 1.83. The molecule has 0 unspecified atom stereocenters. The monoisotopic (exact) mass is 299 g/mol. The van der Waals surface area contributed by atoms with Crippen LogP contribution in [0.4, 0.5) is 18.9 Å². The van der Waals surface area contributed by atoms with Crippen molar-refractivity contribution in [3.05, 3.63) is 12.4 Å². The summed E-state index contributed by atoms with van der Waals surface area (Å²) in [5, 5.41) is 0. The quantitative estimate of drug-likeness (QED) is 0.862. The van der Waals surface area contributed by atoms with Gasteiger partial charge in [-0.3, -0.25) is 4.72 Å². The van der Waals surface area contributed by atoms with Gasteiger partial charge in [0.1, 0.15) is 0 Å². The van der Waals surface area contributed by atoms with Crippen LogP contribution in [0.15, 0.2) is 12.4 Å². The van der Waals surface area contributed by atoms with Gasteiger partial charge in [-0.2, -0.15) is 13.2 Å². The lowest BCUT2D eigenvalue weighted by Crippen LogP contribution is -2.22. The average Bonchev–Trinajstić information content (AvgIpc) is 2.29. The maximum absolute atomic E-state index is 11.9. The number of nitrogens with one attached hydrogen (secondary N) is 1. The van der Waals surface area contributed by atoms with Crippen molar-refractivity contribution in [1.29, 1.82) is 0 Å². The topological polar surface area (TPSA) is 81.2 Å². The Morgan fingerprint density at radius 2 is 1.89 bits per heavy atom. The summed E-state index contributed by atoms with van der Waals surface area (Å²) in [5.41, 5.74) is -0.0226. The number of aromatic nitrogens is 2. The molecule has 10 heteroatoms. The first-order chi connectivity index (χ1) is 8.72. The van der Waals surface area contributed by atoms with E-state index in [4.69, 9.17) is 4.74 Å². The molecule has 1 N–H and O–H groups in total. The third kappa shape index (κ3) is 6.22. The van der Waals surface area contributed by atoms with Gasteiger partial charge in [0.25, 0.3) is 0 Å². The van der Waals surface area contributed by atoms with Gasteiger partial charge >= 0.3 is 12.2 Å². The molecule has 0 amide bonds. The molecule has 0 aliphatic carbocycles. The van der Waals surface area contributed by atoms with Crippen LogP contribution in [0.25, 0.3) is 0 Å². The zero-order valence-electron chi connectivity index (χ0n) is 9.94. The number of ether oxygens (including phenoxy) is 1. The molecule has 0 atom stereocenters. The molecule has 1 aromatic rings. The fourth-order valence-electron chi connectivity index (χ4n) is 1.05. The minimum Gasteiger partial charge on any atom is -0.464 e. The summed E-state index contributed by atoms with van der Waals surface area (Å²) >= 11 is 0. The molecule has 0 aliphatic heterocycles. The van der Waals surface area contributed by atoms with Crippen LogP contribution in [-0.2, 0) is 10.0 Å². The maximum atomic E-state index is 11.9. The van der Waals surface area contributed by atoms with Crippen LogP contribution in [0, 0.1) is 0 Å². The zero-order valence-corrected chi connectivity index (χ0v) is 10.8. The van der Waals surface area contributed by atoms with Crippen LogP contribution in [0.1, 0.15) is 13.3 Å². The first kappa shape index (κ1) is 15.5. The molecule has 0 spiro atoms. The van der Waals surface area contributed by atoms with Crippen LogP contribution >= 0.6 is 0 Å². The Balaban J connectivity index is 2.62. The van der Waals surface area contributed by atoms with E-state index in [1.54, 1.807) is 6.92 Å². The first-order valence-corrected chi connectivity index (χ1v) is 6.89.